The second-order valence-electron chi connectivity index (χ2n) is 5.16. The molecule has 1 aliphatic heterocycles. The first-order valence-corrected chi connectivity index (χ1v) is 7.69. The van der Waals surface area contributed by atoms with Crippen LogP contribution in [-0.2, 0) is 0 Å². The van der Waals surface area contributed by atoms with E-state index in [2.05, 4.69) is 38.5 Å². The minimum Gasteiger partial charge on any atom is -0.360 e. The van der Waals surface area contributed by atoms with E-state index in [1.54, 1.807) is 13.0 Å². The Kier molecular flexibility index (Phi) is 3.96. The van der Waals surface area contributed by atoms with E-state index in [1.807, 2.05) is 17.0 Å². The molecule has 1 atom stereocenters. The Hall–Kier alpha value is -1.82. The van der Waals surface area contributed by atoms with E-state index in [1.165, 1.54) is 0 Å². The summed E-state index contributed by atoms with van der Waals surface area (Å²) in [6.07, 6.45) is 1.98. The number of nitrogens with one attached hydrogen (secondary N) is 1. The first-order chi connectivity index (χ1) is 10.1. The Bertz CT molecular complexity index is 656. The van der Waals surface area contributed by atoms with Crippen molar-refractivity contribution in [3.8, 4) is 0 Å². The molecular weight excluding hydrogens is 334 g/mol. The normalized spacial score (nSPS) is 18.0. The molecule has 2 amide bonds. The van der Waals surface area contributed by atoms with Crippen LogP contribution in [0.3, 0.4) is 0 Å². The van der Waals surface area contributed by atoms with Crippen LogP contribution < -0.4 is 5.32 Å². The summed E-state index contributed by atoms with van der Waals surface area (Å²) in [5.41, 5.74) is 1.15. The number of urea groups is 1. The Morgan fingerprint density at radius 1 is 1.48 bits per heavy atom. The van der Waals surface area contributed by atoms with E-state index >= 15 is 0 Å². The number of rotatable bonds is 2. The summed E-state index contributed by atoms with van der Waals surface area (Å²) >= 11 is 3.48. The second kappa shape index (κ2) is 5.89. The number of hydrogen-bond donors (Lipinski definition) is 1. The maximum absolute atomic E-state index is 12.4. The number of amides is 2. The van der Waals surface area contributed by atoms with Gasteiger partial charge >= 0.3 is 6.03 Å². The van der Waals surface area contributed by atoms with Crippen molar-refractivity contribution in [3.05, 3.63) is 46.1 Å². The fourth-order valence-corrected chi connectivity index (χ4v) is 3.09. The number of aromatic nitrogens is 1. The molecule has 1 fully saturated rings. The zero-order valence-corrected chi connectivity index (χ0v) is 13.3. The van der Waals surface area contributed by atoms with Crippen molar-refractivity contribution in [1.29, 1.82) is 0 Å². The zero-order valence-electron chi connectivity index (χ0n) is 11.7. The number of nitrogens with zero attached hydrogens (tertiary/aromatic N) is 2. The van der Waals surface area contributed by atoms with Crippen molar-refractivity contribution in [2.75, 3.05) is 11.9 Å². The van der Waals surface area contributed by atoms with Gasteiger partial charge in [-0.1, -0.05) is 33.2 Å². The second-order valence-corrected chi connectivity index (χ2v) is 6.08. The van der Waals surface area contributed by atoms with Gasteiger partial charge in [-0.05, 0) is 37.5 Å². The van der Waals surface area contributed by atoms with Crippen LogP contribution in [0.25, 0.3) is 0 Å². The summed E-state index contributed by atoms with van der Waals surface area (Å²) in [6, 6.07) is 9.79. The van der Waals surface area contributed by atoms with Crippen molar-refractivity contribution < 1.29 is 9.32 Å². The van der Waals surface area contributed by atoms with Gasteiger partial charge in [0.25, 0.3) is 0 Å². The van der Waals surface area contributed by atoms with Gasteiger partial charge in [-0.3, -0.25) is 5.32 Å². The largest absolute Gasteiger partial charge is 0.360 e. The third-order valence-corrected chi connectivity index (χ3v) is 4.10. The highest BCUT2D eigenvalue weighted by molar-refractivity contribution is 9.10. The lowest BCUT2D eigenvalue weighted by atomic mass is 10.1. The van der Waals surface area contributed by atoms with Gasteiger partial charge in [-0.2, -0.15) is 0 Å². The van der Waals surface area contributed by atoms with E-state index < -0.39 is 0 Å². The first kappa shape index (κ1) is 14.1. The van der Waals surface area contributed by atoms with Crippen LogP contribution in [0.2, 0.25) is 0 Å². The Labute approximate surface area is 131 Å². The summed E-state index contributed by atoms with van der Waals surface area (Å²) in [5, 5.41) is 6.59. The monoisotopic (exact) mass is 349 g/mol. The smallest absolute Gasteiger partial charge is 0.323 e. The molecule has 1 aromatic carbocycles. The SMILES string of the molecule is Cc1cc(NC(=O)N2CCCC2c2cccc(Br)c2)no1. The predicted octanol–water partition coefficient (Wildman–Crippen LogP) is 4.11. The number of hydrogen-bond acceptors (Lipinski definition) is 3. The van der Waals surface area contributed by atoms with Crippen LogP contribution in [0.15, 0.2) is 39.3 Å². The van der Waals surface area contributed by atoms with Crippen molar-refractivity contribution in [2.24, 2.45) is 0 Å². The van der Waals surface area contributed by atoms with Gasteiger partial charge in [0, 0.05) is 17.1 Å². The molecule has 21 heavy (non-hydrogen) atoms. The summed E-state index contributed by atoms with van der Waals surface area (Å²) < 4.78 is 5.99. The van der Waals surface area contributed by atoms with Crippen molar-refractivity contribution in [2.45, 2.75) is 25.8 Å². The molecule has 1 N–H and O–H groups in total. The summed E-state index contributed by atoms with van der Waals surface area (Å²) in [6.45, 7) is 2.54. The number of carbonyl (C=O) groups is 1. The number of halogens is 1. The van der Waals surface area contributed by atoms with Gasteiger partial charge < -0.3 is 9.42 Å². The van der Waals surface area contributed by atoms with E-state index in [0.29, 0.717) is 11.6 Å². The Morgan fingerprint density at radius 3 is 3.05 bits per heavy atom. The molecule has 1 aromatic heterocycles. The molecule has 6 heteroatoms. The highest BCUT2D eigenvalue weighted by Gasteiger charge is 2.30. The van der Waals surface area contributed by atoms with E-state index in [9.17, 15) is 4.79 Å². The van der Waals surface area contributed by atoms with Crippen LogP contribution in [0.5, 0.6) is 0 Å². The third kappa shape index (κ3) is 3.10. The molecule has 0 radical (unpaired) electrons. The Balaban J connectivity index is 1.75. The van der Waals surface area contributed by atoms with Gasteiger partial charge in [0.15, 0.2) is 5.82 Å². The molecule has 1 unspecified atom stereocenters. The molecule has 3 rings (SSSR count). The lowest BCUT2D eigenvalue weighted by Gasteiger charge is -2.25. The number of carbonyl (C=O) groups excluding carboxylic acids is 1. The molecule has 0 aliphatic carbocycles. The predicted molar refractivity (Wildman–Crippen MR) is 83.1 cm³/mol. The first-order valence-electron chi connectivity index (χ1n) is 6.90. The summed E-state index contributed by atoms with van der Waals surface area (Å²) in [7, 11) is 0. The van der Waals surface area contributed by atoms with Crippen LogP contribution in [0, 0.1) is 6.92 Å². The highest BCUT2D eigenvalue weighted by atomic mass is 79.9. The summed E-state index contributed by atoms with van der Waals surface area (Å²) in [4.78, 5) is 14.3. The van der Waals surface area contributed by atoms with Gasteiger partial charge in [-0.25, -0.2) is 4.79 Å². The molecular formula is C15H16BrN3O2. The van der Waals surface area contributed by atoms with Gasteiger partial charge in [0.2, 0.25) is 0 Å². The zero-order chi connectivity index (χ0) is 14.8. The lowest BCUT2D eigenvalue weighted by molar-refractivity contribution is 0.207. The molecule has 0 spiro atoms. The van der Waals surface area contributed by atoms with Gasteiger partial charge in [0.1, 0.15) is 5.76 Å². The van der Waals surface area contributed by atoms with Gasteiger partial charge in [0.05, 0.1) is 6.04 Å². The molecule has 2 heterocycles. The molecule has 5 nitrogen and oxygen atoms in total. The van der Waals surface area contributed by atoms with Crippen molar-refractivity contribution in [3.63, 3.8) is 0 Å². The van der Waals surface area contributed by atoms with Crippen LogP contribution in [0.1, 0.15) is 30.2 Å². The minimum atomic E-state index is -0.134. The standard InChI is InChI=1S/C15H16BrN3O2/c1-10-8-14(18-21-10)17-15(20)19-7-3-6-13(19)11-4-2-5-12(16)9-11/h2,4-5,8-9,13H,3,6-7H2,1H3,(H,17,18,20). The van der Waals surface area contributed by atoms with Gasteiger partial charge in [-0.15, -0.1) is 0 Å². The fraction of sp³-hybridized carbons (Fsp3) is 0.333. The maximum atomic E-state index is 12.4. The lowest BCUT2D eigenvalue weighted by Crippen LogP contribution is -2.34. The van der Waals surface area contributed by atoms with E-state index in [-0.39, 0.29) is 12.1 Å². The van der Waals surface area contributed by atoms with Crippen molar-refractivity contribution >= 4 is 27.8 Å². The minimum absolute atomic E-state index is 0.107. The molecule has 110 valence electrons. The third-order valence-electron chi connectivity index (χ3n) is 3.61. The average molecular weight is 350 g/mol. The van der Waals surface area contributed by atoms with E-state index in [0.717, 1.165) is 29.4 Å². The van der Waals surface area contributed by atoms with Crippen molar-refractivity contribution in [1.82, 2.24) is 10.1 Å². The molecule has 2 aromatic rings. The number of aryl methyl sites for hydroxylation is 1. The van der Waals surface area contributed by atoms with Crippen LogP contribution in [-0.4, -0.2) is 22.6 Å². The molecule has 1 saturated heterocycles. The van der Waals surface area contributed by atoms with Crippen LogP contribution >= 0.6 is 15.9 Å². The molecule has 0 saturated carbocycles. The molecule has 1 aliphatic rings. The highest BCUT2D eigenvalue weighted by Crippen LogP contribution is 2.33. The number of benzene rings is 1. The molecule has 0 bridgehead atoms. The quantitative estimate of drug-likeness (QED) is 0.887. The van der Waals surface area contributed by atoms with E-state index in [4.69, 9.17) is 4.52 Å². The Morgan fingerprint density at radius 2 is 2.33 bits per heavy atom. The maximum Gasteiger partial charge on any atom is 0.323 e. The topological polar surface area (TPSA) is 58.4 Å². The van der Waals surface area contributed by atoms with Crippen LogP contribution in [0.4, 0.5) is 10.6 Å². The fourth-order valence-electron chi connectivity index (χ4n) is 2.68. The number of anilines is 1. The summed E-state index contributed by atoms with van der Waals surface area (Å²) in [5.74, 6) is 1.13. The average Bonchev–Trinajstić information content (AvgIpc) is 3.07. The number of likely N-dealkylation sites (tertiary alicyclic amines) is 1.